The lowest BCUT2D eigenvalue weighted by Gasteiger charge is -2.32. The number of hydrogen-bond donors (Lipinski definition) is 1. The Hall–Kier alpha value is -4.32. The van der Waals surface area contributed by atoms with Crippen molar-refractivity contribution in [2.75, 3.05) is 17.2 Å². The molecule has 1 aliphatic rings. The number of ether oxygens (including phenoxy) is 1. The SMILES string of the molecule is Cc1cccc(N2CCCSC2=NC(=O)NC(C)CCCc2ccc(-c3ncn(-c4ccc(OC(F)(F)F)cc4)n3)cc2)c1C(C)C. The number of carbonyl (C=O) groups is 1. The van der Waals surface area contributed by atoms with Gasteiger partial charge in [-0.1, -0.05) is 62.0 Å². The van der Waals surface area contributed by atoms with E-state index in [9.17, 15) is 18.0 Å². The molecule has 12 heteroatoms. The van der Waals surface area contributed by atoms with Crippen LogP contribution in [0.2, 0.25) is 0 Å². The summed E-state index contributed by atoms with van der Waals surface area (Å²) in [4.78, 5) is 24.0. The van der Waals surface area contributed by atoms with Crippen LogP contribution in [0.25, 0.3) is 17.1 Å². The van der Waals surface area contributed by atoms with Gasteiger partial charge in [0.15, 0.2) is 11.0 Å². The van der Waals surface area contributed by atoms with E-state index >= 15 is 0 Å². The first-order chi connectivity index (χ1) is 22.5. The summed E-state index contributed by atoms with van der Waals surface area (Å²) < 4.78 is 42.7. The number of aryl methyl sites for hydroxylation is 2. The number of benzene rings is 3. The standard InChI is InChI=1S/C35H39F3N6O2S/c1-23(2)31-24(3)8-5-11-30(31)43-20-7-21-47-34(43)41-33(45)40-25(4)9-6-10-26-12-14-27(15-13-26)32-39-22-44(42-32)28-16-18-29(19-17-28)46-35(36,37)38/h5,8,11-19,22-23,25H,6-7,9-10,20-21H2,1-4H3,(H,40,45). The lowest BCUT2D eigenvalue weighted by Crippen LogP contribution is -2.38. The van der Waals surface area contributed by atoms with Crippen molar-refractivity contribution in [2.24, 2.45) is 4.99 Å². The number of hydrogen-bond acceptors (Lipinski definition) is 5. The number of urea groups is 1. The van der Waals surface area contributed by atoms with Gasteiger partial charge < -0.3 is 15.0 Å². The van der Waals surface area contributed by atoms with Crippen molar-refractivity contribution in [2.45, 2.75) is 71.7 Å². The van der Waals surface area contributed by atoms with E-state index in [-0.39, 0.29) is 17.8 Å². The maximum Gasteiger partial charge on any atom is 0.573 e. The predicted octanol–water partition coefficient (Wildman–Crippen LogP) is 8.69. The number of alkyl halides is 3. The van der Waals surface area contributed by atoms with Crippen molar-refractivity contribution in [3.8, 4) is 22.8 Å². The molecule has 1 saturated heterocycles. The highest BCUT2D eigenvalue weighted by atomic mass is 32.2. The maximum atomic E-state index is 12.9. The molecule has 3 aromatic carbocycles. The van der Waals surface area contributed by atoms with E-state index in [4.69, 9.17) is 0 Å². The van der Waals surface area contributed by atoms with Gasteiger partial charge >= 0.3 is 12.4 Å². The zero-order chi connectivity index (χ0) is 33.6. The van der Waals surface area contributed by atoms with Gasteiger partial charge in [0.2, 0.25) is 0 Å². The van der Waals surface area contributed by atoms with Crippen molar-refractivity contribution < 1.29 is 22.7 Å². The highest BCUT2D eigenvalue weighted by Crippen LogP contribution is 2.34. The van der Waals surface area contributed by atoms with Crippen LogP contribution < -0.4 is 15.0 Å². The van der Waals surface area contributed by atoms with Crippen LogP contribution in [0.5, 0.6) is 5.75 Å². The molecule has 8 nitrogen and oxygen atoms in total. The van der Waals surface area contributed by atoms with Gasteiger partial charge in [0.1, 0.15) is 12.1 Å². The summed E-state index contributed by atoms with van der Waals surface area (Å²) >= 11 is 1.63. The molecule has 248 valence electrons. The first kappa shape index (κ1) is 34.0. The number of aliphatic imine (C=N–C) groups is 1. The van der Waals surface area contributed by atoms with Crippen LogP contribution in [0.3, 0.4) is 0 Å². The van der Waals surface area contributed by atoms with E-state index in [1.54, 1.807) is 11.8 Å². The summed E-state index contributed by atoms with van der Waals surface area (Å²) in [6.45, 7) is 9.37. The Kier molecular flexibility index (Phi) is 10.9. The second-order valence-electron chi connectivity index (χ2n) is 11.9. The van der Waals surface area contributed by atoms with E-state index in [1.807, 2.05) is 31.2 Å². The van der Waals surface area contributed by atoms with Crippen molar-refractivity contribution in [1.82, 2.24) is 20.1 Å². The van der Waals surface area contributed by atoms with E-state index in [0.29, 0.717) is 17.4 Å². The molecule has 0 bridgehead atoms. The van der Waals surface area contributed by atoms with Crippen LogP contribution in [0.1, 0.15) is 62.6 Å². The fourth-order valence-electron chi connectivity index (χ4n) is 5.68. The number of amides is 2. The third kappa shape index (κ3) is 9.15. The average Bonchev–Trinajstić information content (AvgIpc) is 3.51. The second-order valence-corrected chi connectivity index (χ2v) is 13.0. The minimum absolute atomic E-state index is 0.0272. The molecule has 1 N–H and O–H groups in total. The molecule has 0 radical (unpaired) electrons. The molecule has 4 aromatic rings. The quantitative estimate of drug-likeness (QED) is 0.183. The summed E-state index contributed by atoms with van der Waals surface area (Å²) in [6.07, 6.45) is 0.353. The van der Waals surface area contributed by atoms with Crippen LogP contribution in [0.15, 0.2) is 78.0 Å². The Bertz CT molecular complexity index is 1690. The fourth-order valence-corrected chi connectivity index (χ4v) is 6.63. The minimum atomic E-state index is -4.74. The van der Waals surface area contributed by atoms with Crippen LogP contribution in [-0.4, -0.2) is 50.7 Å². The van der Waals surface area contributed by atoms with E-state index < -0.39 is 6.36 Å². The van der Waals surface area contributed by atoms with E-state index in [1.165, 1.54) is 46.4 Å². The molecule has 47 heavy (non-hydrogen) atoms. The lowest BCUT2D eigenvalue weighted by atomic mass is 9.95. The third-order valence-corrected chi connectivity index (χ3v) is 8.93. The molecule has 1 aromatic heterocycles. The predicted molar refractivity (Wildman–Crippen MR) is 182 cm³/mol. The number of anilines is 1. The molecule has 0 saturated carbocycles. The Morgan fingerprint density at radius 3 is 2.51 bits per heavy atom. The fraction of sp³-hybridized carbons (Fsp3) is 0.371. The Balaban J connectivity index is 1.12. The number of halogens is 3. The summed E-state index contributed by atoms with van der Waals surface area (Å²) in [5, 5.41) is 8.27. The molecule has 0 aliphatic carbocycles. The van der Waals surface area contributed by atoms with Crippen LogP contribution in [-0.2, 0) is 6.42 Å². The van der Waals surface area contributed by atoms with Gasteiger partial charge in [0.25, 0.3) is 0 Å². The van der Waals surface area contributed by atoms with Crippen molar-refractivity contribution in [3.05, 3.63) is 89.7 Å². The molecule has 2 heterocycles. The van der Waals surface area contributed by atoms with Crippen LogP contribution in [0, 0.1) is 6.92 Å². The molecule has 0 spiro atoms. The highest BCUT2D eigenvalue weighted by Gasteiger charge is 2.31. The number of carbonyl (C=O) groups excluding carboxylic acids is 1. The van der Waals surface area contributed by atoms with Crippen molar-refractivity contribution >= 4 is 28.6 Å². The van der Waals surface area contributed by atoms with E-state index in [2.05, 4.69) is 69.0 Å². The summed E-state index contributed by atoms with van der Waals surface area (Å²) in [6, 6.07) is 19.4. The Labute approximate surface area is 277 Å². The smallest absolute Gasteiger partial charge is 0.406 e. The van der Waals surface area contributed by atoms with Crippen LogP contribution >= 0.6 is 11.8 Å². The first-order valence-electron chi connectivity index (χ1n) is 15.7. The van der Waals surface area contributed by atoms with Gasteiger partial charge in [-0.15, -0.1) is 18.3 Å². The zero-order valence-corrected chi connectivity index (χ0v) is 27.7. The molecule has 2 amide bonds. The van der Waals surface area contributed by atoms with E-state index in [0.717, 1.165) is 60.0 Å². The highest BCUT2D eigenvalue weighted by molar-refractivity contribution is 8.14. The van der Waals surface area contributed by atoms with Gasteiger partial charge in [-0.2, -0.15) is 4.99 Å². The largest absolute Gasteiger partial charge is 0.573 e. The Morgan fingerprint density at radius 1 is 1.06 bits per heavy atom. The third-order valence-electron chi connectivity index (χ3n) is 7.87. The number of amidine groups is 1. The number of rotatable bonds is 10. The molecule has 1 aliphatic heterocycles. The lowest BCUT2D eigenvalue weighted by molar-refractivity contribution is -0.274. The summed E-state index contributed by atoms with van der Waals surface area (Å²) in [7, 11) is 0. The first-order valence-corrected chi connectivity index (χ1v) is 16.7. The molecule has 5 rings (SSSR count). The normalized spacial score (nSPS) is 15.2. The number of nitrogens with zero attached hydrogens (tertiary/aromatic N) is 5. The topological polar surface area (TPSA) is 84.6 Å². The van der Waals surface area contributed by atoms with Gasteiger partial charge in [-0.05, 0) is 92.5 Å². The zero-order valence-electron chi connectivity index (χ0n) is 26.9. The van der Waals surface area contributed by atoms with Gasteiger partial charge in [-0.25, -0.2) is 14.5 Å². The second kappa shape index (κ2) is 15.1. The molecule has 1 fully saturated rings. The molecular weight excluding hydrogens is 625 g/mol. The monoisotopic (exact) mass is 664 g/mol. The number of nitrogens with one attached hydrogen (secondary N) is 1. The number of aromatic nitrogens is 3. The van der Waals surface area contributed by atoms with Gasteiger partial charge in [-0.3, -0.25) is 0 Å². The molecule has 1 atom stereocenters. The summed E-state index contributed by atoms with van der Waals surface area (Å²) in [5.41, 5.74) is 6.21. The maximum absolute atomic E-state index is 12.9. The number of thioether (sulfide) groups is 1. The molecular formula is C35H39F3N6O2S. The van der Waals surface area contributed by atoms with Gasteiger partial charge in [0, 0.05) is 29.6 Å². The summed E-state index contributed by atoms with van der Waals surface area (Å²) in [5.74, 6) is 1.51. The van der Waals surface area contributed by atoms with Crippen molar-refractivity contribution in [1.29, 1.82) is 0 Å². The molecule has 1 unspecified atom stereocenters. The van der Waals surface area contributed by atoms with Crippen molar-refractivity contribution in [3.63, 3.8) is 0 Å². The Morgan fingerprint density at radius 2 is 1.81 bits per heavy atom. The van der Waals surface area contributed by atoms with Crippen LogP contribution in [0.4, 0.5) is 23.7 Å². The van der Waals surface area contributed by atoms with Gasteiger partial charge in [0.05, 0.1) is 5.69 Å². The average molecular weight is 665 g/mol. The minimum Gasteiger partial charge on any atom is -0.406 e.